The van der Waals surface area contributed by atoms with Gasteiger partial charge in [0.25, 0.3) is 0 Å². The third kappa shape index (κ3) is 3.88. The number of carbonyl (C=O) groups excluding carboxylic acids is 3. The number of anilines is 1. The van der Waals surface area contributed by atoms with E-state index in [2.05, 4.69) is 0 Å². The highest BCUT2D eigenvalue weighted by Crippen LogP contribution is 2.49. The van der Waals surface area contributed by atoms with Crippen molar-refractivity contribution in [2.75, 3.05) is 4.90 Å². The van der Waals surface area contributed by atoms with Crippen molar-refractivity contribution in [1.82, 2.24) is 0 Å². The van der Waals surface area contributed by atoms with Crippen molar-refractivity contribution >= 4 is 46.5 Å². The van der Waals surface area contributed by atoms with Crippen LogP contribution < -0.4 is 10.6 Å². The molecule has 7 heteroatoms. The Balaban J connectivity index is 1.89. The molecule has 0 aromatic heterocycles. The Morgan fingerprint density at radius 1 is 1.06 bits per heavy atom. The molecule has 1 atom stereocenters. The molecule has 0 radical (unpaired) electrons. The first kappa shape index (κ1) is 21.6. The van der Waals surface area contributed by atoms with Crippen LogP contribution in [0.15, 0.2) is 53.7 Å². The molecule has 1 unspecified atom stereocenters. The number of halogens is 2. The van der Waals surface area contributed by atoms with Crippen LogP contribution >= 0.6 is 23.2 Å². The summed E-state index contributed by atoms with van der Waals surface area (Å²) in [5, 5.41) is 0.757. The molecule has 4 rings (SSSR count). The molecular formula is C24H22Cl2N2O3. The van der Waals surface area contributed by atoms with Gasteiger partial charge in [0.1, 0.15) is 0 Å². The second kappa shape index (κ2) is 7.81. The number of nitrogens with zero attached hydrogens (tertiary/aromatic N) is 1. The van der Waals surface area contributed by atoms with E-state index in [-0.39, 0.29) is 23.5 Å². The number of allylic oxidation sites excluding steroid dienone is 2. The molecule has 2 aromatic carbocycles. The van der Waals surface area contributed by atoms with Crippen molar-refractivity contribution < 1.29 is 14.4 Å². The largest absolute Gasteiger partial charge is 0.366 e. The number of hydrogen-bond acceptors (Lipinski definition) is 3. The Kier molecular flexibility index (Phi) is 5.44. The molecule has 2 aromatic rings. The Morgan fingerprint density at radius 2 is 1.74 bits per heavy atom. The van der Waals surface area contributed by atoms with E-state index in [1.165, 1.54) is 0 Å². The van der Waals surface area contributed by atoms with Crippen LogP contribution in [-0.2, 0) is 9.59 Å². The lowest BCUT2D eigenvalue weighted by atomic mass is 9.69. The standard InChI is InChI=1S/C24H22Cl2N2O3/c1-24(2)11-18-21(19(29)12-24)16(15-4-3-5-17(25)22(15)26)10-20(30)28(18)14-8-6-13(7-9-14)23(27)31/h3-9,16H,10-12H2,1-2H3,(H2,27,31). The monoisotopic (exact) mass is 456 g/mol. The van der Waals surface area contributed by atoms with Crippen LogP contribution in [0.1, 0.15) is 54.9 Å². The highest BCUT2D eigenvalue weighted by Gasteiger charge is 2.44. The predicted molar refractivity (Wildman–Crippen MR) is 121 cm³/mol. The van der Waals surface area contributed by atoms with Crippen LogP contribution in [0.5, 0.6) is 0 Å². The fourth-order valence-corrected chi connectivity index (χ4v) is 4.98. The summed E-state index contributed by atoms with van der Waals surface area (Å²) in [7, 11) is 0. The summed E-state index contributed by atoms with van der Waals surface area (Å²) in [5.74, 6) is -1.12. The molecule has 2 amide bonds. The maximum absolute atomic E-state index is 13.4. The van der Waals surface area contributed by atoms with Gasteiger partial charge in [-0.25, -0.2) is 0 Å². The Hall–Kier alpha value is -2.63. The third-order valence-electron chi connectivity index (χ3n) is 5.91. The summed E-state index contributed by atoms with van der Waals surface area (Å²) in [6, 6.07) is 11.8. The Bertz CT molecular complexity index is 1140. The average Bonchev–Trinajstić information content (AvgIpc) is 2.68. The number of carbonyl (C=O) groups is 3. The SMILES string of the molecule is CC1(C)CC(=O)C2=C(C1)N(c1ccc(C(N)=O)cc1)C(=O)CC2c1cccc(Cl)c1Cl. The molecule has 1 heterocycles. The third-order valence-corrected chi connectivity index (χ3v) is 6.74. The van der Waals surface area contributed by atoms with Crippen LogP contribution in [0.2, 0.25) is 10.0 Å². The summed E-state index contributed by atoms with van der Waals surface area (Å²) in [4.78, 5) is 39.7. The van der Waals surface area contributed by atoms with Crippen molar-refractivity contribution in [3.8, 4) is 0 Å². The van der Waals surface area contributed by atoms with Crippen LogP contribution in [0.25, 0.3) is 0 Å². The zero-order valence-corrected chi connectivity index (χ0v) is 18.8. The molecule has 0 saturated carbocycles. The molecule has 0 bridgehead atoms. The van der Waals surface area contributed by atoms with Gasteiger partial charge >= 0.3 is 0 Å². The number of nitrogens with two attached hydrogens (primary N) is 1. The second-order valence-electron chi connectivity index (χ2n) is 8.84. The normalized spacial score (nSPS) is 20.6. The van der Waals surface area contributed by atoms with E-state index in [0.717, 1.165) is 0 Å². The molecule has 2 aliphatic rings. The van der Waals surface area contributed by atoms with Crippen molar-refractivity contribution in [1.29, 1.82) is 0 Å². The number of benzene rings is 2. The van der Waals surface area contributed by atoms with Gasteiger partial charge in [-0.05, 0) is 47.7 Å². The van der Waals surface area contributed by atoms with Crippen LogP contribution in [0.4, 0.5) is 5.69 Å². The summed E-state index contributed by atoms with van der Waals surface area (Å²) in [5.41, 5.74) is 7.99. The smallest absolute Gasteiger partial charge is 0.248 e. The van der Waals surface area contributed by atoms with E-state index in [4.69, 9.17) is 28.9 Å². The van der Waals surface area contributed by atoms with E-state index < -0.39 is 11.8 Å². The number of hydrogen-bond donors (Lipinski definition) is 1. The summed E-state index contributed by atoms with van der Waals surface area (Å²) in [6.45, 7) is 4.03. The molecule has 0 spiro atoms. The first-order chi connectivity index (χ1) is 14.6. The van der Waals surface area contributed by atoms with E-state index in [9.17, 15) is 14.4 Å². The second-order valence-corrected chi connectivity index (χ2v) is 9.63. The quantitative estimate of drug-likeness (QED) is 0.683. The van der Waals surface area contributed by atoms with Gasteiger partial charge in [-0.1, -0.05) is 49.2 Å². The van der Waals surface area contributed by atoms with Gasteiger partial charge in [-0.3, -0.25) is 19.3 Å². The minimum absolute atomic E-state index is 0.0125. The van der Waals surface area contributed by atoms with Crippen molar-refractivity contribution in [2.45, 2.75) is 39.0 Å². The summed E-state index contributed by atoms with van der Waals surface area (Å²) < 4.78 is 0. The minimum atomic E-state index is -0.541. The number of amides is 2. The molecular weight excluding hydrogens is 435 g/mol. The molecule has 1 aliphatic carbocycles. The van der Waals surface area contributed by atoms with Gasteiger partial charge in [-0.2, -0.15) is 0 Å². The zero-order chi connectivity index (χ0) is 22.5. The highest BCUT2D eigenvalue weighted by atomic mass is 35.5. The molecule has 31 heavy (non-hydrogen) atoms. The maximum Gasteiger partial charge on any atom is 0.248 e. The molecule has 0 saturated heterocycles. The lowest BCUT2D eigenvalue weighted by Crippen LogP contribution is -2.43. The number of ketones is 1. The zero-order valence-electron chi connectivity index (χ0n) is 17.2. The first-order valence-electron chi connectivity index (χ1n) is 10.0. The Labute approximate surface area is 190 Å². The molecule has 0 fully saturated rings. The van der Waals surface area contributed by atoms with Crippen molar-refractivity contribution in [3.05, 3.63) is 74.9 Å². The topological polar surface area (TPSA) is 80.5 Å². The van der Waals surface area contributed by atoms with Crippen LogP contribution in [0.3, 0.4) is 0 Å². The minimum Gasteiger partial charge on any atom is -0.366 e. The maximum atomic E-state index is 13.4. The lowest BCUT2D eigenvalue weighted by molar-refractivity contribution is -0.121. The number of Topliss-reactive ketones (excluding diaryl/α,β-unsaturated/α-hetero) is 1. The summed E-state index contributed by atoms with van der Waals surface area (Å²) >= 11 is 12.7. The fourth-order valence-electron chi connectivity index (χ4n) is 4.54. The lowest BCUT2D eigenvalue weighted by Gasteiger charge is -2.43. The highest BCUT2D eigenvalue weighted by molar-refractivity contribution is 6.42. The van der Waals surface area contributed by atoms with Crippen LogP contribution in [-0.4, -0.2) is 17.6 Å². The van der Waals surface area contributed by atoms with Gasteiger partial charge in [0.2, 0.25) is 11.8 Å². The summed E-state index contributed by atoms with van der Waals surface area (Å²) in [6.07, 6.45) is 1.05. The van der Waals surface area contributed by atoms with Gasteiger partial charge in [0.15, 0.2) is 5.78 Å². The molecule has 2 N–H and O–H groups in total. The van der Waals surface area contributed by atoms with Gasteiger partial charge in [-0.15, -0.1) is 0 Å². The molecule has 160 valence electrons. The van der Waals surface area contributed by atoms with E-state index in [0.29, 0.717) is 51.0 Å². The number of rotatable bonds is 3. The van der Waals surface area contributed by atoms with E-state index in [1.807, 2.05) is 19.9 Å². The van der Waals surface area contributed by atoms with Crippen molar-refractivity contribution in [3.63, 3.8) is 0 Å². The fraction of sp³-hybridized carbons (Fsp3) is 0.292. The van der Waals surface area contributed by atoms with E-state index in [1.54, 1.807) is 41.3 Å². The van der Waals surface area contributed by atoms with Gasteiger partial charge in [0, 0.05) is 41.3 Å². The van der Waals surface area contributed by atoms with Gasteiger partial charge in [0.05, 0.1) is 10.0 Å². The van der Waals surface area contributed by atoms with Gasteiger partial charge < -0.3 is 5.73 Å². The van der Waals surface area contributed by atoms with E-state index >= 15 is 0 Å². The first-order valence-corrected chi connectivity index (χ1v) is 10.8. The number of primary amides is 1. The molecule has 5 nitrogen and oxygen atoms in total. The Morgan fingerprint density at radius 3 is 2.39 bits per heavy atom. The molecule has 1 aliphatic heterocycles. The van der Waals surface area contributed by atoms with Crippen molar-refractivity contribution in [2.24, 2.45) is 11.1 Å². The van der Waals surface area contributed by atoms with Crippen LogP contribution in [0, 0.1) is 5.41 Å². The predicted octanol–water partition coefficient (Wildman–Crippen LogP) is 5.26. The average molecular weight is 457 g/mol.